The molecule has 0 fully saturated rings. The van der Waals surface area contributed by atoms with E-state index < -0.39 is 0 Å². The van der Waals surface area contributed by atoms with Crippen molar-refractivity contribution in [2.45, 2.75) is 13.2 Å². The fraction of sp³-hybridized carbons (Fsp3) is 0.308. The number of hydrogen-bond acceptors (Lipinski definition) is 5. The van der Waals surface area contributed by atoms with E-state index >= 15 is 0 Å². The molecule has 1 aromatic carbocycles. The van der Waals surface area contributed by atoms with Crippen LogP contribution in [0.25, 0.3) is 0 Å². The summed E-state index contributed by atoms with van der Waals surface area (Å²) in [6, 6.07) is 7.97. The van der Waals surface area contributed by atoms with Crippen LogP contribution in [0.2, 0.25) is 0 Å². The molecule has 0 bridgehead atoms. The molecule has 1 N–H and O–H groups in total. The van der Waals surface area contributed by atoms with Crippen LogP contribution in [-0.4, -0.2) is 24.2 Å². The molecule has 0 radical (unpaired) electrons. The van der Waals surface area contributed by atoms with Crippen LogP contribution in [0.4, 0.5) is 5.13 Å². The Balaban J connectivity index is 2.08. The Morgan fingerprint density at radius 2 is 2.28 bits per heavy atom. The molecule has 0 saturated heterocycles. The number of hydrogen-bond donors (Lipinski definition) is 1. The zero-order valence-electron chi connectivity index (χ0n) is 10.5. The average Bonchev–Trinajstić information content (AvgIpc) is 2.88. The highest BCUT2D eigenvalue weighted by atomic mass is 32.1. The summed E-state index contributed by atoms with van der Waals surface area (Å²) in [4.78, 5) is 7.21. The normalized spacial score (nSPS) is 10.4. The summed E-state index contributed by atoms with van der Waals surface area (Å²) in [6.45, 7) is 0.806. The highest BCUT2D eigenvalue weighted by molar-refractivity contribution is 7.15. The van der Waals surface area contributed by atoms with Crippen LogP contribution in [0.3, 0.4) is 0 Å². The maximum absolute atomic E-state index is 9.03. The van der Waals surface area contributed by atoms with Gasteiger partial charge in [0.05, 0.1) is 18.6 Å². The van der Waals surface area contributed by atoms with Gasteiger partial charge in [-0.05, 0) is 17.7 Å². The van der Waals surface area contributed by atoms with Crippen LogP contribution in [-0.2, 0) is 13.2 Å². The summed E-state index contributed by atoms with van der Waals surface area (Å²) in [5.41, 5.74) is 1.16. The van der Waals surface area contributed by atoms with E-state index in [2.05, 4.69) is 16.0 Å². The number of aromatic nitrogens is 1. The average molecular weight is 264 g/mol. The van der Waals surface area contributed by atoms with E-state index in [1.165, 1.54) is 11.3 Å². The van der Waals surface area contributed by atoms with Gasteiger partial charge in [0.1, 0.15) is 5.75 Å². The summed E-state index contributed by atoms with van der Waals surface area (Å²) in [6.07, 6.45) is 1.71. The molecule has 0 spiro atoms. The van der Waals surface area contributed by atoms with Gasteiger partial charge < -0.3 is 14.7 Å². The maximum atomic E-state index is 9.03. The van der Waals surface area contributed by atoms with Gasteiger partial charge in [0.25, 0.3) is 0 Å². The highest BCUT2D eigenvalue weighted by Gasteiger charge is 2.07. The fourth-order valence-corrected chi connectivity index (χ4v) is 2.39. The number of ether oxygens (including phenoxy) is 1. The van der Waals surface area contributed by atoms with E-state index in [1.807, 2.05) is 25.2 Å². The number of aliphatic hydroxyl groups excluding tert-OH is 1. The van der Waals surface area contributed by atoms with E-state index in [0.717, 1.165) is 27.9 Å². The van der Waals surface area contributed by atoms with Crippen molar-refractivity contribution in [3.05, 3.63) is 40.9 Å². The lowest BCUT2D eigenvalue weighted by atomic mass is 10.2. The predicted octanol–water partition coefficient (Wildman–Crippen LogP) is 2.28. The van der Waals surface area contributed by atoms with Crippen LogP contribution in [0, 0.1) is 0 Å². The monoisotopic (exact) mass is 264 g/mol. The molecule has 0 saturated carbocycles. The molecule has 1 heterocycles. The van der Waals surface area contributed by atoms with Crippen molar-refractivity contribution in [2.24, 2.45) is 0 Å². The van der Waals surface area contributed by atoms with Gasteiger partial charge in [-0.3, -0.25) is 0 Å². The number of anilines is 1. The van der Waals surface area contributed by atoms with E-state index in [4.69, 9.17) is 9.84 Å². The van der Waals surface area contributed by atoms with E-state index in [0.29, 0.717) is 0 Å². The Kier molecular flexibility index (Phi) is 4.17. The largest absolute Gasteiger partial charge is 0.497 e. The molecule has 0 unspecified atom stereocenters. The lowest BCUT2D eigenvalue weighted by Gasteiger charge is -2.16. The summed E-state index contributed by atoms with van der Waals surface area (Å²) in [5, 5.41) is 9.93. The van der Waals surface area contributed by atoms with Gasteiger partial charge in [0, 0.05) is 19.8 Å². The zero-order chi connectivity index (χ0) is 13.0. The third kappa shape index (κ3) is 3.00. The lowest BCUT2D eigenvalue weighted by Crippen LogP contribution is -2.15. The third-order valence-corrected chi connectivity index (χ3v) is 3.67. The Morgan fingerprint density at radius 3 is 2.94 bits per heavy atom. The number of methoxy groups -OCH3 is 1. The van der Waals surface area contributed by atoms with Crippen LogP contribution in [0.15, 0.2) is 30.5 Å². The molecule has 5 heteroatoms. The van der Waals surface area contributed by atoms with E-state index in [-0.39, 0.29) is 6.61 Å². The van der Waals surface area contributed by atoms with E-state index in [9.17, 15) is 0 Å². The van der Waals surface area contributed by atoms with Gasteiger partial charge in [-0.2, -0.15) is 0 Å². The number of thiazole rings is 1. The second-order valence-electron chi connectivity index (χ2n) is 3.97. The van der Waals surface area contributed by atoms with Gasteiger partial charge in [-0.15, -0.1) is 0 Å². The Morgan fingerprint density at radius 1 is 1.44 bits per heavy atom. The molecule has 0 aliphatic carbocycles. The van der Waals surface area contributed by atoms with Crippen LogP contribution in [0.1, 0.15) is 10.4 Å². The predicted molar refractivity (Wildman–Crippen MR) is 73.1 cm³/mol. The van der Waals surface area contributed by atoms with Crippen molar-refractivity contribution in [3.63, 3.8) is 0 Å². The molecule has 0 aliphatic rings. The first-order valence-corrected chi connectivity index (χ1v) is 6.44. The van der Waals surface area contributed by atoms with Gasteiger partial charge in [0.2, 0.25) is 0 Å². The van der Waals surface area contributed by atoms with Crippen molar-refractivity contribution in [2.75, 3.05) is 19.1 Å². The van der Waals surface area contributed by atoms with Gasteiger partial charge in [-0.1, -0.05) is 23.5 Å². The maximum Gasteiger partial charge on any atom is 0.185 e. The quantitative estimate of drug-likeness (QED) is 0.900. The molecule has 4 nitrogen and oxygen atoms in total. The number of aliphatic hydroxyl groups is 1. The SMILES string of the molecule is COc1cccc(CN(C)c2ncc(CO)s2)c1. The van der Waals surface area contributed by atoms with Gasteiger partial charge in [-0.25, -0.2) is 4.98 Å². The van der Waals surface area contributed by atoms with Gasteiger partial charge in [0.15, 0.2) is 5.13 Å². The second kappa shape index (κ2) is 5.84. The smallest absolute Gasteiger partial charge is 0.185 e. The molecule has 96 valence electrons. The second-order valence-corrected chi connectivity index (χ2v) is 5.07. The summed E-state index contributed by atoms with van der Waals surface area (Å²) in [5.74, 6) is 0.857. The molecule has 1 aromatic heterocycles. The van der Waals surface area contributed by atoms with Crippen molar-refractivity contribution in [3.8, 4) is 5.75 Å². The van der Waals surface area contributed by atoms with Crippen molar-refractivity contribution in [1.82, 2.24) is 4.98 Å². The number of nitrogens with zero attached hydrogens (tertiary/aromatic N) is 2. The van der Waals surface area contributed by atoms with Crippen molar-refractivity contribution >= 4 is 16.5 Å². The molecule has 2 rings (SSSR count). The molecule has 2 aromatic rings. The number of benzene rings is 1. The summed E-state index contributed by atoms with van der Waals surface area (Å²) >= 11 is 1.50. The topological polar surface area (TPSA) is 45.6 Å². The minimum atomic E-state index is 0.0463. The summed E-state index contributed by atoms with van der Waals surface area (Å²) < 4.78 is 5.20. The Labute approximate surface area is 110 Å². The minimum Gasteiger partial charge on any atom is -0.497 e. The van der Waals surface area contributed by atoms with E-state index in [1.54, 1.807) is 13.3 Å². The number of rotatable bonds is 5. The zero-order valence-corrected chi connectivity index (χ0v) is 11.3. The standard InChI is InChI=1S/C13H16N2O2S/c1-15(13-14-7-12(9-16)18-13)8-10-4-3-5-11(6-10)17-2/h3-7,16H,8-9H2,1-2H3. The third-order valence-electron chi connectivity index (χ3n) is 2.58. The molecular formula is C13H16N2O2S. The Hall–Kier alpha value is -1.59. The van der Waals surface area contributed by atoms with Crippen LogP contribution in [0.5, 0.6) is 5.75 Å². The fourth-order valence-electron chi connectivity index (χ4n) is 1.66. The highest BCUT2D eigenvalue weighted by Crippen LogP contribution is 2.23. The van der Waals surface area contributed by atoms with Gasteiger partial charge >= 0.3 is 0 Å². The molecular weight excluding hydrogens is 248 g/mol. The molecule has 0 amide bonds. The minimum absolute atomic E-state index is 0.0463. The lowest BCUT2D eigenvalue weighted by molar-refractivity contribution is 0.285. The van der Waals surface area contributed by atoms with Crippen LogP contribution < -0.4 is 9.64 Å². The molecule has 0 atom stereocenters. The first kappa shape index (κ1) is 12.9. The van der Waals surface area contributed by atoms with Crippen LogP contribution >= 0.6 is 11.3 Å². The van der Waals surface area contributed by atoms with Crippen molar-refractivity contribution < 1.29 is 9.84 Å². The summed E-state index contributed by atoms with van der Waals surface area (Å²) in [7, 11) is 3.65. The molecule has 18 heavy (non-hydrogen) atoms. The molecule has 0 aliphatic heterocycles. The first-order chi connectivity index (χ1) is 8.72. The first-order valence-electron chi connectivity index (χ1n) is 5.62. The van der Waals surface area contributed by atoms with Crippen molar-refractivity contribution in [1.29, 1.82) is 0 Å². The Bertz CT molecular complexity index is 513.